The fourth-order valence-electron chi connectivity index (χ4n) is 3.45. The lowest BCUT2D eigenvalue weighted by Crippen LogP contribution is -2.51. The van der Waals surface area contributed by atoms with E-state index in [4.69, 9.17) is 25.8 Å². The van der Waals surface area contributed by atoms with Gasteiger partial charge in [-0.25, -0.2) is 8.42 Å². The quantitative estimate of drug-likeness (QED) is 0.474. The van der Waals surface area contributed by atoms with Gasteiger partial charge in [-0.2, -0.15) is 0 Å². The third-order valence-corrected chi connectivity index (χ3v) is 7.19. The first-order valence-electron chi connectivity index (χ1n) is 10.5. The number of sulfonamides is 1. The molecule has 0 radical (unpaired) electrons. The Balaban J connectivity index is 1.44. The fraction of sp³-hybridized carbons (Fsp3) is 0.208. The zero-order chi connectivity index (χ0) is 24.1. The molecule has 178 valence electrons. The molecule has 0 spiro atoms. The second-order valence-corrected chi connectivity index (χ2v) is 9.68. The maximum atomic E-state index is 13.4. The molecule has 0 bridgehead atoms. The van der Waals surface area contributed by atoms with Gasteiger partial charge in [0.05, 0.1) is 30.8 Å². The van der Waals surface area contributed by atoms with Gasteiger partial charge in [0.15, 0.2) is 6.10 Å². The molecule has 3 aromatic rings. The molecule has 0 aromatic heterocycles. The highest BCUT2D eigenvalue weighted by molar-refractivity contribution is 7.92. The van der Waals surface area contributed by atoms with Crippen LogP contribution in [0.4, 0.5) is 5.69 Å². The molecule has 8 nitrogen and oxygen atoms in total. The zero-order valence-corrected chi connectivity index (χ0v) is 19.9. The highest BCUT2D eigenvalue weighted by Gasteiger charge is 2.37. The summed E-state index contributed by atoms with van der Waals surface area (Å²) >= 11 is 5.91. The van der Waals surface area contributed by atoms with E-state index in [0.717, 1.165) is 0 Å². The maximum absolute atomic E-state index is 13.4. The van der Waals surface area contributed by atoms with Gasteiger partial charge in [-0.3, -0.25) is 9.10 Å². The molecule has 3 aromatic carbocycles. The molecule has 1 atom stereocenters. The normalized spacial score (nSPS) is 15.1. The van der Waals surface area contributed by atoms with Crippen molar-refractivity contribution >= 4 is 33.2 Å². The first-order valence-corrected chi connectivity index (χ1v) is 12.3. The van der Waals surface area contributed by atoms with Gasteiger partial charge in [0, 0.05) is 11.1 Å². The van der Waals surface area contributed by atoms with Crippen molar-refractivity contribution in [2.24, 2.45) is 0 Å². The van der Waals surface area contributed by atoms with Crippen LogP contribution in [0, 0.1) is 0 Å². The molecule has 1 N–H and O–H groups in total. The molecule has 1 aliphatic heterocycles. The highest BCUT2D eigenvalue weighted by Crippen LogP contribution is 2.37. The average Bonchev–Trinajstić information content (AvgIpc) is 2.86. The van der Waals surface area contributed by atoms with Gasteiger partial charge in [-0.1, -0.05) is 29.8 Å². The topological polar surface area (TPSA) is 94.2 Å². The molecule has 10 heteroatoms. The molecule has 0 aliphatic carbocycles. The van der Waals surface area contributed by atoms with Gasteiger partial charge in [-0.15, -0.1) is 0 Å². The average molecular weight is 503 g/mol. The third kappa shape index (κ3) is 5.21. The SMILES string of the molecule is COc1cccc(OCCNC(=O)C2CN(S(=O)(=O)c3ccc(Cl)cc3)c3ccccc3O2)c1. The second-order valence-electron chi connectivity index (χ2n) is 7.38. The van der Waals surface area contributed by atoms with E-state index in [1.807, 2.05) is 0 Å². The van der Waals surface area contributed by atoms with Crippen LogP contribution < -0.4 is 23.8 Å². The Morgan fingerprint density at radius 3 is 2.59 bits per heavy atom. The van der Waals surface area contributed by atoms with Gasteiger partial charge in [0.1, 0.15) is 23.9 Å². The van der Waals surface area contributed by atoms with Gasteiger partial charge < -0.3 is 19.5 Å². The minimum absolute atomic E-state index is 0.0689. The number of halogens is 1. The largest absolute Gasteiger partial charge is 0.497 e. The van der Waals surface area contributed by atoms with E-state index in [9.17, 15) is 13.2 Å². The monoisotopic (exact) mass is 502 g/mol. The van der Waals surface area contributed by atoms with Crippen molar-refractivity contribution in [3.8, 4) is 17.2 Å². The Labute approximate surface area is 203 Å². The molecule has 1 amide bonds. The molecule has 1 heterocycles. The summed E-state index contributed by atoms with van der Waals surface area (Å²) in [5, 5.41) is 3.17. The summed E-state index contributed by atoms with van der Waals surface area (Å²) in [6, 6.07) is 19.7. The number of fused-ring (bicyclic) bond motifs is 1. The molecule has 34 heavy (non-hydrogen) atoms. The van der Waals surface area contributed by atoms with Gasteiger partial charge in [-0.05, 0) is 48.5 Å². The maximum Gasteiger partial charge on any atom is 0.264 e. The number of hydrogen-bond donors (Lipinski definition) is 1. The number of para-hydroxylation sites is 2. The van der Waals surface area contributed by atoms with Crippen LogP contribution in [0.5, 0.6) is 17.2 Å². The van der Waals surface area contributed by atoms with Crippen LogP contribution in [0.3, 0.4) is 0 Å². The Morgan fingerprint density at radius 1 is 1.09 bits per heavy atom. The molecular formula is C24H23ClN2O6S. The summed E-state index contributed by atoms with van der Waals surface area (Å²) in [4.78, 5) is 12.9. The standard InChI is InChI=1S/C24H23ClN2O6S/c1-31-18-5-4-6-19(15-18)32-14-13-26-24(28)23-16-27(21-7-2-3-8-22(21)33-23)34(29,30)20-11-9-17(25)10-12-20/h2-12,15,23H,13-14,16H2,1H3,(H,26,28). The number of rotatable bonds is 8. The lowest BCUT2D eigenvalue weighted by atomic mass is 10.2. The van der Waals surface area contributed by atoms with E-state index in [1.54, 1.807) is 55.6 Å². The number of methoxy groups -OCH3 is 1. The van der Waals surface area contributed by atoms with Crippen LogP contribution in [0.25, 0.3) is 0 Å². The minimum atomic E-state index is -3.95. The summed E-state index contributed by atoms with van der Waals surface area (Å²) in [6.07, 6.45) is -1.03. The van der Waals surface area contributed by atoms with Gasteiger partial charge in [0.2, 0.25) is 0 Å². The molecule has 0 saturated heterocycles. The first kappa shape index (κ1) is 23.7. The number of nitrogens with one attached hydrogen (secondary N) is 1. The van der Waals surface area contributed by atoms with Crippen LogP contribution in [0.15, 0.2) is 77.7 Å². The molecule has 0 fully saturated rings. The van der Waals surface area contributed by atoms with E-state index in [-0.39, 0.29) is 24.6 Å². The Morgan fingerprint density at radius 2 is 1.82 bits per heavy atom. The molecule has 1 aliphatic rings. The van der Waals surface area contributed by atoms with Crippen molar-refractivity contribution < 1.29 is 27.4 Å². The number of carbonyl (C=O) groups is 1. The van der Waals surface area contributed by atoms with E-state index in [1.165, 1.54) is 28.6 Å². The van der Waals surface area contributed by atoms with E-state index < -0.39 is 22.0 Å². The molecule has 4 rings (SSSR count). The first-order chi connectivity index (χ1) is 16.4. The molecule has 1 unspecified atom stereocenters. The third-order valence-electron chi connectivity index (χ3n) is 5.14. The molecular weight excluding hydrogens is 480 g/mol. The van der Waals surface area contributed by atoms with Crippen molar-refractivity contribution in [2.45, 2.75) is 11.0 Å². The Kier molecular flexibility index (Phi) is 7.14. The lowest BCUT2D eigenvalue weighted by Gasteiger charge is -2.34. The summed E-state index contributed by atoms with van der Waals surface area (Å²) in [7, 11) is -2.38. The number of nitrogens with zero attached hydrogens (tertiary/aromatic N) is 1. The predicted octanol–water partition coefficient (Wildman–Crippen LogP) is 3.50. The minimum Gasteiger partial charge on any atom is -0.497 e. The number of carbonyl (C=O) groups excluding carboxylic acids is 1. The van der Waals surface area contributed by atoms with Crippen LogP contribution in [0.2, 0.25) is 5.02 Å². The Hall–Kier alpha value is -3.43. The predicted molar refractivity (Wildman–Crippen MR) is 128 cm³/mol. The van der Waals surface area contributed by atoms with Crippen LogP contribution >= 0.6 is 11.6 Å². The van der Waals surface area contributed by atoms with Crippen molar-refractivity contribution in [1.29, 1.82) is 0 Å². The zero-order valence-electron chi connectivity index (χ0n) is 18.3. The summed E-state index contributed by atoms with van der Waals surface area (Å²) in [5.74, 6) is 1.13. The number of hydrogen-bond acceptors (Lipinski definition) is 6. The summed E-state index contributed by atoms with van der Waals surface area (Å²) < 4.78 is 44.5. The second kappa shape index (κ2) is 10.2. The van der Waals surface area contributed by atoms with Crippen molar-refractivity contribution in [1.82, 2.24) is 5.32 Å². The smallest absolute Gasteiger partial charge is 0.264 e. The number of anilines is 1. The summed E-state index contributed by atoms with van der Waals surface area (Å²) in [6.45, 7) is 0.251. The van der Waals surface area contributed by atoms with Crippen LogP contribution in [0.1, 0.15) is 0 Å². The molecule has 0 saturated carbocycles. The van der Waals surface area contributed by atoms with Crippen molar-refractivity contribution in [2.75, 3.05) is 31.1 Å². The lowest BCUT2D eigenvalue weighted by molar-refractivity contribution is -0.127. The number of benzene rings is 3. The van der Waals surface area contributed by atoms with E-state index in [0.29, 0.717) is 28.0 Å². The van der Waals surface area contributed by atoms with Crippen molar-refractivity contribution in [3.63, 3.8) is 0 Å². The van der Waals surface area contributed by atoms with Gasteiger partial charge in [0.25, 0.3) is 15.9 Å². The van der Waals surface area contributed by atoms with Crippen molar-refractivity contribution in [3.05, 3.63) is 77.8 Å². The van der Waals surface area contributed by atoms with E-state index >= 15 is 0 Å². The van der Waals surface area contributed by atoms with Gasteiger partial charge >= 0.3 is 0 Å². The number of ether oxygens (including phenoxy) is 3. The Bertz CT molecular complexity index is 1270. The van der Waals surface area contributed by atoms with E-state index in [2.05, 4.69) is 5.32 Å². The fourth-order valence-corrected chi connectivity index (χ4v) is 5.05. The van der Waals surface area contributed by atoms with Crippen LogP contribution in [-0.4, -0.2) is 47.2 Å². The number of amides is 1. The van der Waals surface area contributed by atoms with Crippen LogP contribution in [-0.2, 0) is 14.8 Å². The summed E-state index contributed by atoms with van der Waals surface area (Å²) in [5.41, 5.74) is 0.364. The highest BCUT2D eigenvalue weighted by atomic mass is 35.5.